The average Bonchev–Trinajstić information content (AvgIpc) is 3.17. The van der Waals surface area contributed by atoms with E-state index in [1.807, 2.05) is 37.3 Å². The second kappa shape index (κ2) is 5.44. The van der Waals surface area contributed by atoms with E-state index in [1.165, 1.54) is 0 Å². The predicted octanol–water partition coefficient (Wildman–Crippen LogP) is 2.40. The van der Waals surface area contributed by atoms with E-state index in [2.05, 4.69) is 15.1 Å². The maximum absolute atomic E-state index is 12.6. The minimum Gasteiger partial charge on any atom is -0.293 e. The van der Waals surface area contributed by atoms with Gasteiger partial charge < -0.3 is 0 Å². The lowest BCUT2D eigenvalue weighted by Gasteiger charge is -2.05. The quantitative estimate of drug-likeness (QED) is 0.581. The highest BCUT2D eigenvalue weighted by Crippen LogP contribution is 2.15. The molecule has 0 bridgehead atoms. The van der Waals surface area contributed by atoms with Crippen LogP contribution in [0.25, 0.3) is 16.7 Å². The summed E-state index contributed by atoms with van der Waals surface area (Å²) in [5, 5.41) is 5.81. The van der Waals surface area contributed by atoms with E-state index in [0.717, 1.165) is 15.6 Å². The van der Waals surface area contributed by atoms with Crippen LogP contribution in [0.4, 0.5) is 0 Å². The third-order valence-corrected chi connectivity index (χ3v) is 4.45. The number of thiazole rings is 1. The zero-order valence-electron chi connectivity index (χ0n) is 12.4. The van der Waals surface area contributed by atoms with Gasteiger partial charge in [-0.2, -0.15) is 5.10 Å². The Labute approximate surface area is 135 Å². The minimum atomic E-state index is -0.0942. The molecule has 0 amide bonds. The van der Waals surface area contributed by atoms with Crippen LogP contribution in [0.2, 0.25) is 0 Å². The number of hydrogen-bond donors (Lipinski definition) is 0. The second-order valence-electron chi connectivity index (χ2n) is 5.15. The SMILES string of the molecule is Cc1ncc(Cn2cnc3c(cnn3-c3ccccc3)c2=O)s1. The second-order valence-corrected chi connectivity index (χ2v) is 6.47. The first-order valence-electron chi connectivity index (χ1n) is 7.12. The highest BCUT2D eigenvalue weighted by atomic mass is 32.1. The van der Waals surface area contributed by atoms with Gasteiger partial charge in [0, 0.05) is 11.1 Å². The summed E-state index contributed by atoms with van der Waals surface area (Å²) in [5.41, 5.74) is 1.35. The summed E-state index contributed by atoms with van der Waals surface area (Å²) in [7, 11) is 0. The lowest BCUT2D eigenvalue weighted by Crippen LogP contribution is -2.20. The number of para-hydroxylation sites is 1. The fourth-order valence-electron chi connectivity index (χ4n) is 2.47. The van der Waals surface area contributed by atoms with Crippen molar-refractivity contribution in [3.05, 3.63) is 69.3 Å². The van der Waals surface area contributed by atoms with E-state index >= 15 is 0 Å². The molecule has 0 radical (unpaired) electrons. The highest BCUT2D eigenvalue weighted by molar-refractivity contribution is 7.11. The van der Waals surface area contributed by atoms with Crippen molar-refractivity contribution in [2.75, 3.05) is 0 Å². The van der Waals surface area contributed by atoms with Gasteiger partial charge in [0.1, 0.15) is 11.7 Å². The van der Waals surface area contributed by atoms with Crippen LogP contribution >= 0.6 is 11.3 Å². The summed E-state index contributed by atoms with van der Waals surface area (Å²) in [6.07, 6.45) is 4.94. The molecule has 23 heavy (non-hydrogen) atoms. The molecular formula is C16H13N5OS. The van der Waals surface area contributed by atoms with Crippen molar-refractivity contribution in [3.63, 3.8) is 0 Å². The van der Waals surface area contributed by atoms with Crippen molar-refractivity contribution in [1.29, 1.82) is 0 Å². The molecule has 1 aromatic carbocycles. The van der Waals surface area contributed by atoms with Crippen molar-refractivity contribution in [1.82, 2.24) is 24.3 Å². The summed E-state index contributed by atoms with van der Waals surface area (Å²) < 4.78 is 3.27. The monoisotopic (exact) mass is 323 g/mol. The van der Waals surface area contributed by atoms with Crippen LogP contribution in [-0.2, 0) is 6.54 Å². The Hall–Kier alpha value is -2.80. The first-order chi connectivity index (χ1) is 11.2. The summed E-state index contributed by atoms with van der Waals surface area (Å²) in [4.78, 5) is 22.3. The van der Waals surface area contributed by atoms with Gasteiger partial charge in [-0.05, 0) is 19.1 Å². The molecule has 0 spiro atoms. The lowest BCUT2D eigenvalue weighted by molar-refractivity contribution is 0.753. The molecule has 0 N–H and O–H groups in total. The van der Waals surface area contributed by atoms with Crippen LogP contribution in [0.5, 0.6) is 0 Å². The molecule has 4 rings (SSSR count). The van der Waals surface area contributed by atoms with Gasteiger partial charge in [-0.25, -0.2) is 14.6 Å². The normalized spacial score (nSPS) is 11.2. The molecule has 6 nitrogen and oxygen atoms in total. The fraction of sp³-hybridized carbons (Fsp3) is 0.125. The smallest absolute Gasteiger partial charge is 0.264 e. The maximum atomic E-state index is 12.6. The minimum absolute atomic E-state index is 0.0942. The molecule has 0 aliphatic heterocycles. The zero-order valence-corrected chi connectivity index (χ0v) is 13.2. The lowest BCUT2D eigenvalue weighted by atomic mass is 10.3. The molecule has 0 fully saturated rings. The molecule has 0 saturated heterocycles. The topological polar surface area (TPSA) is 65.6 Å². The van der Waals surface area contributed by atoms with Crippen LogP contribution in [0, 0.1) is 6.92 Å². The van der Waals surface area contributed by atoms with Crippen LogP contribution in [0.1, 0.15) is 9.88 Å². The van der Waals surface area contributed by atoms with Crippen LogP contribution in [0.15, 0.2) is 53.8 Å². The summed E-state index contributed by atoms with van der Waals surface area (Å²) in [5.74, 6) is 0. The number of benzene rings is 1. The van der Waals surface area contributed by atoms with Gasteiger partial charge in [-0.3, -0.25) is 9.36 Å². The van der Waals surface area contributed by atoms with E-state index in [4.69, 9.17) is 0 Å². The summed E-state index contributed by atoms with van der Waals surface area (Å²) in [6.45, 7) is 2.42. The third kappa shape index (κ3) is 2.44. The molecule has 3 aromatic heterocycles. The zero-order chi connectivity index (χ0) is 15.8. The summed E-state index contributed by atoms with van der Waals surface area (Å²) >= 11 is 1.58. The molecule has 0 unspecified atom stereocenters. The Bertz CT molecular complexity index is 1030. The van der Waals surface area contributed by atoms with Crippen LogP contribution in [0.3, 0.4) is 0 Å². The van der Waals surface area contributed by atoms with Crippen LogP contribution < -0.4 is 5.56 Å². The third-order valence-electron chi connectivity index (χ3n) is 3.55. The van der Waals surface area contributed by atoms with Crippen molar-refractivity contribution >= 4 is 22.4 Å². The first-order valence-corrected chi connectivity index (χ1v) is 7.94. The largest absolute Gasteiger partial charge is 0.293 e. The van der Waals surface area contributed by atoms with Gasteiger partial charge in [-0.1, -0.05) is 18.2 Å². The fourth-order valence-corrected chi connectivity index (χ4v) is 3.26. The van der Waals surface area contributed by atoms with E-state index in [9.17, 15) is 4.79 Å². The predicted molar refractivity (Wildman–Crippen MR) is 89.1 cm³/mol. The van der Waals surface area contributed by atoms with Gasteiger partial charge in [-0.15, -0.1) is 11.3 Å². The number of aromatic nitrogens is 5. The van der Waals surface area contributed by atoms with E-state index in [-0.39, 0.29) is 5.56 Å². The van der Waals surface area contributed by atoms with Gasteiger partial charge in [0.25, 0.3) is 5.56 Å². The van der Waals surface area contributed by atoms with Gasteiger partial charge in [0.05, 0.1) is 23.4 Å². The Balaban J connectivity index is 1.79. The Kier molecular flexibility index (Phi) is 3.27. The van der Waals surface area contributed by atoms with Crippen LogP contribution in [-0.4, -0.2) is 24.3 Å². The number of hydrogen-bond acceptors (Lipinski definition) is 5. The Morgan fingerprint density at radius 2 is 1.96 bits per heavy atom. The van der Waals surface area contributed by atoms with E-state index < -0.39 is 0 Å². The van der Waals surface area contributed by atoms with Crippen molar-refractivity contribution < 1.29 is 0 Å². The number of fused-ring (bicyclic) bond motifs is 1. The molecule has 0 aliphatic carbocycles. The molecule has 0 aliphatic rings. The Morgan fingerprint density at radius 3 is 2.70 bits per heavy atom. The van der Waals surface area contributed by atoms with Gasteiger partial charge in [0.15, 0.2) is 5.65 Å². The van der Waals surface area contributed by atoms with Crippen molar-refractivity contribution in [2.24, 2.45) is 0 Å². The molecule has 7 heteroatoms. The standard InChI is InChI=1S/C16H13N5OS/c1-11-17-7-13(23-11)9-20-10-18-15-14(16(20)22)8-19-21(15)12-5-3-2-4-6-12/h2-8,10H,9H2,1H3. The van der Waals surface area contributed by atoms with E-state index in [0.29, 0.717) is 17.6 Å². The average molecular weight is 323 g/mol. The molecule has 4 aromatic rings. The number of rotatable bonds is 3. The van der Waals surface area contributed by atoms with Gasteiger partial charge >= 0.3 is 0 Å². The number of aryl methyl sites for hydroxylation is 1. The number of nitrogens with zero attached hydrogens (tertiary/aromatic N) is 5. The van der Waals surface area contributed by atoms with Crippen molar-refractivity contribution in [2.45, 2.75) is 13.5 Å². The molecule has 0 saturated carbocycles. The Morgan fingerprint density at radius 1 is 1.13 bits per heavy atom. The van der Waals surface area contributed by atoms with Crippen molar-refractivity contribution in [3.8, 4) is 5.69 Å². The summed E-state index contributed by atoms with van der Waals surface area (Å²) in [6, 6.07) is 9.65. The first kappa shape index (κ1) is 13.8. The van der Waals surface area contributed by atoms with Gasteiger partial charge in [0.2, 0.25) is 0 Å². The molecule has 0 atom stereocenters. The molecule has 114 valence electrons. The molecule has 3 heterocycles. The maximum Gasteiger partial charge on any atom is 0.264 e. The van der Waals surface area contributed by atoms with E-state index in [1.54, 1.807) is 39.3 Å². The molecular weight excluding hydrogens is 310 g/mol. The highest BCUT2D eigenvalue weighted by Gasteiger charge is 2.12.